The van der Waals surface area contributed by atoms with Crippen LogP contribution in [0, 0.1) is 0 Å². The van der Waals surface area contributed by atoms with Gasteiger partial charge in [0.15, 0.2) is 0 Å². The number of hydrogen-bond donors (Lipinski definition) is 1. The monoisotopic (exact) mass is 277 g/mol. The highest BCUT2D eigenvalue weighted by atomic mass is 16.5. The average molecular weight is 277 g/mol. The number of rotatable bonds is 4. The van der Waals surface area contributed by atoms with Gasteiger partial charge in [0.2, 0.25) is 0 Å². The topological polar surface area (TPSA) is 21.3 Å². The van der Waals surface area contributed by atoms with Gasteiger partial charge in [-0.25, -0.2) is 0 Å². The predicted octanol–water partition coefficient (Wildman–Crippen LogP) is 4.26. The second-order valence-corrected chi connectivity index (χ2v) is 5.84. The largest absolute Gasteiger partial charge is 0.497 e. The van der Waals surface area contributed by atoms with E-state index in [1.54, 1.807) is 7.11 Å². The fourth-order valence-corrected chi connectivity index (χ4v) is 2.92. The Kier molecular flexibility index (Phi) is 2.95. The molecule has 1 fully saturated rings. The lowest BCUT2D eigenvalue weighted by Crippen LogP contribution is -2.01. The lowest BCUT2D eigenvalue weighted by Gasteiger charge is -2.11. The SMILES string of the molecule is COc1ccc(C2=CCc3ccc(NC4CC4)cc32)cc1. The van der Waals surface area contributed by atoms with Crippen molar-refractivity contribution >= 4 is 11.3 Å². The second kappa shape index (κ2) is 4.96. The van der Waals surface area contributed by atoms with E-state index in [4.69, 9.17) is 4.74 Å². The molecule has 0 amide bonds. The Morgan fingerprint density at radius 3 is 2.57 bits per heavy atom. The molecule has 1 N–H and O–H groups in total. The second-order valence-electron chi connectivity index (χ2n) is 5.84. The maximum absolute atomic E-state index is 5.24. The zero-order valence-corrected chi connectivity index (χ0v) is 12.2. The Bertz CT molecular complexity index is 696. The highest BCUT2D eigenvalue weighted by molar-refractivity contribution is 5.86. The number of fused-ring (bicyclic) bond motifs is 1. The Hall–Kier alpha value is -2.22. The van der Waals surface area contributed by atoms with Gasteiger partial charge in [-0.15, -0.1) is 0 Å². The van der Waals surface area contributed by atoms with Crippen LogP contribution in [0.25, 0.3) is 5.57 Å². The molecule has 0 atom stereocenters. The number of anilines is 1. The molecule has 0 bridgehead atoms. The number of nitrogens with one attached hydrogen (secondary N) is 1. The molecule has 2 aliphatic rings. The number of hydrogen-bond acceptors (Lipinski definition) is 2. The number of benzene rings is 2. The van der Waals surface area contributed by atoms with Crippen molar-refractivity contribution in [2.45, 2.75) is 25.3 Å². The first-order chi connectivity index (χ1) is 10.3. The molecule has 0 spiro atoms. The summed E-state index contributed by atoms with van der Waals surface area (Å²) in [6, 6.07) is 15.8. The van der Waals surface area contributed by atoms with Crippen molar-refractivity contribution in [3.63, 3.8) is 0 Å². The summed E-state index contributed by atoms with van der Waals surface area (Å²) in [7, 11) is 1.70. The maximum Gasteiger partial charge on any atom is 0.118 e. The van der Waals surface area contributed by atoms with Crippen molar-refractivity contribution in [2.75, 3.05) is 12.4 Å². The Balaban J connectivity index is 1.66. The van der Waals surface area contributed by atoms with Gasteiger partial charge in [0.1, 0.15) is 5.75 Å². The van der Waals surface area contributed by atoms with Crippen LogP contribution in [0.4, 0.5) is 5.69 Å². The van der Waals surface area contributed by atoms with Crippen molar-refractivity contribution in [3.8, 4) is 5.75 Å². The van der Waals surface area contributed by atoms with Crippen LogP contribution in [0.1, 0.15) is 29.5 Å². The molecule has 0 unspecified atom stereocenters. The standard InChI is InChI=1S/C19H19NO/c1-21-17-9-3-13(4-10-17)18-11-5-14-2-6-16(12-19(14)18)20-15-7-8-15/h2-4,6,9-12,15,20H,5,7-8H2,1H3. The Labute approximate surface area is 125 Å². The molecule has 0 aromatic heterocycles. The van der Waals surface area contributed by atoms with Gasteiger partial charge >= 0.3 is 0 Å². The van der Waals surface area contributed by atoms with Crippen LogP contribution in [0.5, 0.6) is 5.75 Å². The van der Waals surface area contributed by atoms with Gasteiger partial charge in [-0.1, -0.05) is 24.3 Å². The van der Waals surface area contributed by atoms with Gasteiger partial charge in [0.25, 0.3) is 0 Å². The Morgan fingerprint density at radius 2 is 1.86 bits per heavy atom. The van der Waals surface area contributed by atoms with Gasteiger partial charge in [0, 0.05) is 11.7 Å². The summed E-state index contributed by atoms with van der Waals surface area (Å²) in [5.41, 5.74) is 6.63. The summed E-state index contributed by atoms with van der Waals surface area (Å²) in [4.78, 5) is 0. The third-order valence-electron chi connectivity index (χ3n) is 4.28. The van der Waals surface area contributed by atoms with E-state index in [1.807, 2.05) is 12.1 Å². The van der Waals surface area contributed by atoms with Crippen molar-refractivity contribution in [1.82, 2.24) is 0 Å². The summed E-state index contributed by atoms with van der Waals surface area (Å²) < 4.78 is 5.24. The zero-order valence-electron chi connectivity index (χ0n) is 12.2. The predicted molar refractivity (Wildman–Crippen MR) is 86.9 cm³/mol. The Morgan fingerprint density at radius 1 is 1.05 bits per heavy atom. The molecule has 1 saturated carbocycles. The van der Waals surface area contributed by atoms with E-state index in [1.165, 1.54) is 40.8 Å². The van der Waals surface area contributed by atoms with Crippen LogP contribution in [0.15, 0.2) is 48.5 Å². The first kappa shape index (κ1) is 12.5. The molecule has 2 aromatic carbocycles. The van der Waals surface area contributed by atoms with Crippen molar-refractivity contribution in [1.29, 1.82) is 0 Å². The normalized spacial score (nSPS) is 16.3. The van der Waals surface area contributed by atoms with Crippen molar-refractivity contribution in [3.05, 3.63) is 65.2 Å². The smallest absolute Gasteiger partial charge is 0.118 e. The van der Waals surface area contributed by atoms with Crippen LogP contribution in [0.3, 0.4) is 0 Å². The molecule has 4 rings (SSSR count). The third-order valence-corrected chi connectivity index (χ3v) is 4.28. The van der Waals surface area contributed by atoms with E-state index in [0.29, 0.717) is 6.04 Å². The first-order valence-electron chi connectivity index (χ1n) is 7.58. The van der Waals surface area contributed by atoms with Gasteiger partial charge in [-0.05, 0) is 65.8 Å². The molecule has 0 radical (unpaired) electrons. The van der Waals surface area contributed by atoms with Crippen LogP contribution in [-0.2, 0) is 6.42 Å². The van der Waals surface area contributed by atoms with E-state index in [-0.39, 0.29) is 0 Å². The van der Waals surface area contributed by atoms with E-state index in [0.717, 1.165) is 12.2 Å². The molecule has 0 aliphatic heterocycles. The number of methoxy groups -OCH3 is 1. The molecular formula is C19H19NO. The minimum absolute atomic E-state index is 0.692. The molecule has 0 heterocycles. The van der Waals surface area contributed by atoms with Crippen molar-refractivity contribution in [2.24, 2.45) is 0 Å². The van der Waals surface area contributed by atoms with Gasteiger partial charge in [-0.2, -0.15) is 0 Å². The summed E-state index contributed by atoms with van der Waals surface area (Å²) in [5.74, 6) is 0.904. The zero-order chi connectivity index (χ0) is 14.2. The molecule has 0 saturated heterocycles. The van der Waals surface area contributed by atoms with E-state index in [2.05, 4.69) is 41.7 Å². The van der Waals surface area contributed by atoms with E-state index >= 15 is 0 Å². The van der Waals surface area contributed by atoms with Gasteiger partial charge in [0.05, 0.1) is 7.11 Å². The average Bonchev–Trinajstić information content (AvgIpc) is 3.24. The van der Waals surface area contributed by atoms with Gasteiger partial charge in [-0.3, -0.25) is 0 Å². The molecule has 106 valence electrons. The summed E-state index contributed by atoms with van der Waals surface area (Å²) in [5, 5.41) is 3.59. The molecule has 2 aliphatic carbocycles. The molecule has 2 aromatic rings. The third kappa shape index (κ3) is 2.42. The van der Waals surface area contributed by atoms with Gasteiger partial charge < -0.3 is 10.1 Å². The highest BCUT2D eigenvalue weighted by Crippen LogP contribution is 2.36. The molecule has 2 nitrogen and oxygen atoms in total. The van der Waals surface area contributed by atoms with Crippen molar-refractivity contribution < 1.29 is 4.74 Å². The fourth-order valence-electron chi connectivity index (χ4n) is 2.92. The maximum atomic E-state index is 5.24. The first-order valence-corrected chi connectivity index (χ1v) is 7.58. The summed E-state index contributed by atoms with van der Waals surface area (Å²) in [6.07, 6.45) is 5.96. The minimum atomic E-state index is 0.692. The summed E-state index contributed by atoms with van der Waals surface area (Å²) >= 11 is 0. The fraction of sp³-hybridized carbons (Fsp3) is 0.263. The lowest BCUT2D eigenvalue weighted by atomic mass is 9.98. The lowest BCUT2D eigenvalue weighted by molar-refractivity contribution is 0.415. The molecular weight excluding hydrogens is 258 g/mol. The van der Waals surface area contributed by atoms with Crippen LogP contribution < -0.4 is 10.1 Å². The van der Waals surface area contributed by atoms with Crippen LogP contribution in [0.2, 0.25) is 0 Å². The quantitative estimate of drug-likeness (QED) is 0.901. The van der Waals surface area contributed by atoms with Crippen LogP contribution in [-0.4, -0.2) is 13.2 Å². The number of ether oxygens (including phenoxy) is 1. The molecule has 2 heteroatoms. The van der Waals surface area contributed by atoms with E-state index < -0.39 is 0 Å². The number of allylic oxidation sites excluding steroid dienone is 1. The molecule has 21 heavy (non-hydrogen) atoms. The summed E-state index contributed by atoms with van der Waals surface area (Å²) in [6.45, 7) is 0. The van der Waals surface area contributed by atoms with E-state index in [9.17, 15) is 0 Å². The minimum Gasteiger partial charge on any atom is -0.497 e. The van der Waals surface area contributed by atoms with Crippen LogP contribution >= 0.6 is 0 Å². The highest BCUT2D eigenvalue weighted by Gasteiger charge is 2.22.